The molecule has 0 spiro atoms. The number of nitrogens with two attached hydrogens (primary N) is 1. The van der Waals surface area contributed by atoms with E-state index in [4.69, 9.17) is 5.73 Å². The highest BCUT2D eigenvalue weighted by atomic mass is 14.9. The first-order valence-corrected chi connectivity index (χ1v) is 3.57. The molecule has 0 bridgehead atoms. The standard InChI is InChI=1S/C8H18N2.H3N/c1-7(9)5-10-6-8(2,3)4;/h5,10H,6,9H2,1-4H3;1H3/b7-5-;. The van der Waals surface area contributed by atoms with Crippen LogP contribution < -0.4 is 17.2 Å². The van der Waals surface area contributed by atoms with Crippen molar-refractivity contribution in [2.45, 2.75) is 27.7 Å². The second-order valence-corrected chi connectivity index (χ2v) is 3.83. The second kappa shape index (κ2) is 5.02. The van der Waals surface area contributed by atoms with Crippen LogP contribution in [0.2, 0.25) is 0 Å². The molecule has 0 atom stereocenters. The van der Waals surface area contributed by atoms with Crippen LogP contribution in [-0.4, -0.2) is 6.54 Å². The van der Waals surface area contributed by atoms with Crippen LogP contribution in [0, 0.1) is 5.41 Å². The number of allylic oxidation sites excluding steroid dienone is 1. The third kappa shape index (κ3) is 12.5. The van der Waals surface area contributed by atoms with E-state index in [1.54, 1.807) is 0 Å². The van der Waals surface area contributed by atoms with Gasteiger partial charge >= 0.3 is 0 Å². The zero-order chi connectivity index (χ0) is 8.20. The van der Waals surface area contributed by atoms with Gasteiger partial charge in [0.2, 0.25) is 0 Å². The highest BCUT2D eigenvalue weighted by Gasteiger charge is 2.07. The predicted molar refractivity (Wildman–Crippen MR) is 50.4 cm³/mol. The van der Waals surface area contributed by atoms with Crippen molar-refractivity contribution in [1.29, 1.82) is 0 Å². The van der Waals surface area contributed by atoms with E-state index in [0.29, 0.717) is 5.41 Å². The van der Waals surface area contributed by atoms with Gasteiger partial charge in [-0.25, -0.2) is 0 Å². The third-order valence-corrected chi connectivity index (χ3v) is 0.962. The molecule has 68 valence electrons. The summed E-state index contributed by atoms with van der Waals surface area (Å²) in [5.74, 6) is 0. The molecule has 3 nitrogen and oxygen atoms in total. The fraction of sp³-hybridized carbons (Fsp3) is 0.750. The van der Waals surface area contributed by atoms with Crippen molar-refractivity contribution in [2.75, 3.05) is 6.54 Å². The van der Waals surface area contributed by atoms with E-state index in [2.05, 4.69) is 26.1 Å². The first kappa shape index (κ1) is 12.9. The molecule has 0 radical (unpaired) electrons. The molecule has 0 saturated carbocycles. The zero-order valence-corrected chi connectivity index (χ0v) is 8.07. The molecule has 0 amide bonds. The lowest BCUT2D eigenvalue weighted by Crippen LogP contribution is -2.23. The molecule has 0 aromatic carbocycles. The average molecular weight is 159 g/mol. The van der Waals surface area contributed by atoms with Crippen molar-refractivity contribution in [3.8, 4) is 0 Å². The molecule has 0 fully saturated rings. The van der Waals surface area contributed by atoms with Crippen LogP contribution in [0.3, 0.4) is 0 Å². The lowest BCUT2D eigenvalue weighted by Gasteiger charge is -2.17. The smallest absolute Gasteiger partial charge is 0.0208 e. The van der Waals surface area contributed by atoms with E-state index in [1.807, 2.05) is 13.1 Å². The second-order valence-electron chi connectivity index (χ2n) is 3.83. The summed E-state index contributed by atoms with van der Waals surface area (Å²) in [5, 5.41) is 3.14. The summed E-state index contributed by atoms with van der Waals surface area (Å²) in [5.41, 5.74) is 6.57. The van der Waals surface area contributed by atoms with Gasteiger partial charge in [-0.05, 0) is 12.3 Å². The van der Waals surface area contributed by atoms with E-state index in [-0.39, 0.29) is 6.15 Å². The van der Waals surface area contributed by atoms with Crippen molar-refractivity contribution in [3.05, 3.63) is 11.9 Å². The Balaban J connectivity index is 0. The predicted octanol–water partition coefficient (Wildman–Crippen LogP) is 1.60. The summed E-state index contributed by atoms with van der Waals surface area (Å²) in [6, 6.07) is 0. The summed E-state index contributed by atoms with van der Waals surface area (Å²) < 4.78 is 0. The maximum atomic E-state index is 5.42. The zero-order valence-electron chi connectivity index (χ0n) is 8.07. The number of hydrogen-bond donors (Lipinski definition) is 3. The Morgan fingerprint density at radius 3 is 2.18 bits per heavy atom. The van der Waals surface area contributed by atoms with Crippen molar-refractivity contribution in [2.24, 2.45) is 11.1 Å². The Hall–Kier alpha value is -0.700. The normalized spacial score (nSPS) is 12.2. The maximum Gasteiger partial charge on any atom is 0.0208 e. The van der Waals surface area contributed by atoms with Gasteiger partial charge in [-0.1, -0.05) is 20.8 Å². The van der Waals surface area contributed by atoms with Crippen LogP contribution >= 0.6 is 0 Å². The quantitative estimate of drug-likeness (QED) is 0.573. The summed E-state index contributed by atoms with van der Waals surface area (Å²) in [6.07, 6.45) is 1.84. The third-order valence-electron chi connectivity index (χ3n) is 0.962. The monoisotopic (exact) mass is 159 g/mol. The molecule has 0 heterocycles. The van der Waals surface area contributed by atoms with Gasteiger partial charge in [-0.15, -0.1) is 0 Å². The van der Waals surface area contributed by atoms with Crippen molar-refractivity contribution < 1.29 is 0 Å². The van der Waals surface area contributed by atoms with Crippen LogP contribution in [-0.2, 0) is 0 Å². The fourth-order valence-electron chi connectivity index (χ4n) is 0.518. The van der Waals surface area contributed by atoms with Gasteiger partial charge in [-0.2, -0.15) is 0 Å². The first-order valence-electron chi connectivity index (χ1n) is 3.57. The highest BCUT2D eigenvalue weighted by Crippen LogP contribution is 2.09. The molecular weight excluding hydrogens is 138 g/mol. The van der Waals surface area contributed by atoms with Crippen molar-refractivity contribution in [1.82, 2.24) is 11.5 Å². The van der Waals surface area contributed by atoms with E-state index < -0.39 is 0 Å². The SMILES string of the molecule is C/C(N)=C/NCC(C)(C)C.N. The van der Waals surface area contributed by atoms with Gasteiger partial charge in [0.15, 0.2) is 0 Å². The van der Waals surface area contributed by atoms with Gasteiger partial charge in [0.25, 0.3) is 0 Å². The number of rotatable bonds is 2. The van der Waals surface area contributed by atoms with Gasteiger partial charge in [0.05, 0.1) is 0 Å². The lowest BCUT2D eigenvalue weighted by atomic mass is 9.97. The molecule has 0 saturated heterocycles. The Bertz CT molecular complexity index is 118. The van der Waals surface area contributed by atoms with Crippen molar-refractivity contribution >= 4 is 0 Å². The molecule has 3 heteroatoms. The minimum atomic E-state index is 0. The number of nitrogens with one attached hydrogen (secondary N) is 1. The topological polar surface area (TPSA) is 73.0 Å². The molecule has 0 unspecified atom stereocenters. The van der Waals surface area contributed by atoms with Crippen molar-refractivity contribution in [3.63, 3.8) is 0 Å². The summed E-state index contributed by atoms with van der Waals surface area (Å²) >= 11 is 0. The highest BCUT2D eigenvalue weighted by molar-refractivity contribution is 4.89. The molecule has 0 rings (SSSR count). The molecule has 0 aliphatic rings. The lowest BCUT2D eigenvalue weighted by molar-refractivity contribution is 0.402. The maximum absolute atomic E-state index is 5.42. The summed E-state index contributed by atoms with van der Waals surface area (Å²) in [4.78, 5) is 0. The molecule has 0 aliphatic heterocycles. The van der Waals surface area contributed by atoms with Gasteiger partial charge in [0, 0.05) is 18.4 Å². The van der Waals surface area contributed by atoms with Crippen LogP contribution in [0.4, 0.5) is 0 Å². The molecule has 0 aromatic rings. The minimum Gasteiger partial charge on any atom is -0.401 e. The molecular formula is C8H21N3. The average Bonchev–Trinajstić information content (AvgIpc) is 1.59. The largest absolute Gasteiger partial charge is 0.401 e. The van der Waals surface area contributed by atoms with E-state index in [9.17, 15) is 0 Å². The first-order chi connectivity index (χ1) is 4.42. The minimum absolute atomic E-state index is 0. The van der Waals surface area contributed by atoms with E-state index >= 15 is 0 Å². The molecule has 11 heavy (non-hydrogen) atoms. The van der Waals surface area contributed by atoms with Crippen LogP contribution in [0.15, 0.2) is 11.9 Å². The Morgan fingerprint density at radius 2 is 1.91 bits per heavy atom. The van der Waals surface area contributed by atoms with E-state index in [1.165, 1.54) is 0 Å². The molecule has 0 aliphatic carbocycles. The number of hydrogen-bond acceptors (Lipinski definition) is 3. The Kier molecular flexibility index (Phi) is 5.90. The Labute approximate surface area is 69.6 Å². The van der Waals surface area contributed by atoms with Gasteiger partial charge < -0.3 is 17.2 Å². The Morgan fingerprint density at radius 1 is 1.45 bits per heavy atom. The summed E-state index contributed by atoms with van der Waals surface area (Å²) in [7, 11) is 0. The fourth-order valence-corrected chi connectivity index (χ4v) is 0.518. The van der Waals surface area contributed by atoms with Gasteiger partial charge in [0.1, 0.15) is 0 Å². The summed E-state index contributed by atoms with van der Waals surface area (Å²) in [6.45, 7) is 9.37. The van der Waals surface area contributed by atoms with Crippen LogP contribution in [0.1, 0.15) is 27.7 Å². The van der Waals surface area contributed by atoms with Gasteiger partial charge in [-0.3, -0.25) is 0 Å². The molecule has 6 N–H and O–H groups in total. The van der Waals surface area contributed by atoms with Crippen LogP contribution in [0.25, 0.3) is 0 Å². The van der Waals surface area contributed by atoms with E-state index in [0.717, 1.165) is 12.2 Å². The molecule has 0 aromatic heterocycles. The van der Waals surface area contributed by atoms with Crippen LogP contribution in [0.5, 0.6) is 0 Å².